The molecule has 0 bridgehead atoms. The number of hydrogen-bond donors (Lipinski definition) is 3. The zero-order valence-corrected chi connectivity index (χ0v) is 13.2. The SMILES string of the molecule is O=C(O)CC(O)(c1ccccc1C(=O)O)c1cccc2ccccc12. The van der Waals surface area contributed by atoms with Crippen LogP contribution >= 0.6 is 0 Å². The molecule has 3 rings (SSSR count). The highest BCUT2D eigenvalue weighted by molar-refractivity contribution is 5.92. The van der Waals surface area contributed by atoms with E-state index in [-0.39, 0.29) is 11.1 Å². The molecule has 5 heteroatoms. The lowest BCUT2D eigenvalue weighted by Crippen LogP contribution is -2.32. The maximum Gasteiger partial charge on any atom is 0.336 e. The summed E-state index contributed by atoms with van der Waals surface area (Å²) >= 11 is 0. The normalized spacial score (nSPS) is 13.3. The summed E-state index contributed by atoms with van der Waals surface area (Å²) in [4.78, 5) is 23.1. The largest absolute Gasteiger partial charge is 0.481 e. The van der Waals surface area contributed by atoms with Gasteiger partial charge in [-0.15, -0.1) is 0 Å². The van der Waals surface area contributed by atoms with Crippen molar-refractivity contribution >= 4 is 22.7 Å². The van der Waals surface area contributed by atoms with Gasteiger partial charge in [0.1, 0.15) is 5.60 Å². The molecule has 0 fully saturated rings. The first kappa shape index (κ1) is 16.7. The van der Waals surface area contributed by atoms with Gasteiger partial charge in [0.25, 0.3) is 0 Å². The third kappa shape index (κ3) is 2.97. The van der Waals surface area contributed by atoms with Crippen molar-refractivity contribution in [3.8, 4) is 0 Å². The zero-order valence-electron chi connectivity index (χ0n) is 13.2. The molecular formula is C20H16O5. The Hall–Kier alpha value is -3.18. The van der Waals surface area contributed by atoms with Crippen molar-refractivity contribution in [3.05, 3.63) is 83.4 Å². The first-order valence-electron chi connectivity index (χ1n) is 7.68. The van der Waals surface area contributed by atoms with E-state index in [0.717, 1.165) is 5.39 Å². The molecule has 0 aliphatic rings. The number of aliphatic hydroxyl groups is 1. The second-order valence-electron chi connectivity index (χ2n) is 5.81. The van der Waals surface area contributed by atoms with Crippen molar-refractivity contribution in [1.82, 2.24) is 0 Å². The lowest BCUT2D eigenvalue weighted by molar-refractivity contribution is -0.141. The summed E-state index contributed by atoms with van der Waals surface area (Å²) in [7, 11) is 0. The summed E-state index contributed by atoms with van der Waals surface area (Å²) in [5, 5.41) is 31.7. The number of aliphatic carboxylic acids is 1. The van der Waals surface area contributed by atoms with Gasteiger partial charge in [-0.2, -0.15) is 0 Å². The van der Waals surface area contributed by atoms with Crippen LogP contribution in [0.2, 0.25) is 0 Å². The molecule has 0 aliphatic carbocycles. The molecule has 3 aromatic rings. The van der Waals surface area contributed by atoms with Crippen LogP contribution in [0.3, 0.4) is 0 Å². The number of benzene rings is 3. The lowest BCUT2D eigenvalue weighted by atomic mass is 9.79. The first-order chi connectivity index (χ1) is 11.9. The summed E-state index contributed by atoms with van der Waals surface area (Å²) < 4.78 is 0. The highest BCUT2D eigenvalue weighted by Gasteiger charge is 2.38. The summed E-state index contributed by atoms with van der Waals surface area (Å²) in [5.41, 5.74) is -1.68. The number of aromatic carboxylic acids is 1. The van der Waals surface area contributed by atoms with Gasteiger partial charge in [-0.1, -0.05) is 60.7 Å². The Morgan fingerprint density at radius 1 is 0.800 bits per heavy atom. The van der Waals surface area contributed by atoms with Gasteiger partial charge in [0, 0.05) is 5.56 Å². The Morgan fingerprint density at radius 3 is 2.12 bits per heavy atom. The molecule has 5 nitrogen and oxygen atoms in total. The van der Waals surface area contributed by atoms with Crippen LogP contribution in [-0.4, -0.2) is 27.3 Å². The molecule has 0 saturated carbocycles. The third-order valence-electron chi connectivity index (χ3n) is 4.25. The molecule has 0 spiro atoms. The summed E-state index contributed by atoms with van der Waals surface area (Å²) in [6.07, 6.45) is -0.648. The van der Waals surface area contributed by atoms with Crippen LogP contribution in [0.5, 0.6) is 0 Å². The number of carboxylic acids is 2. The standard InChI is InChI=1S/C20H16O5/c21-18(22)12-20(25,17-10-4-3-9-15(17)19(23)24)16-11-5-7-13-6-1-2-8-14(13)16/h1-11,25H,12H2,(H,21,22)(H,23,24). The Balaban J connectivity index is 2.35. The van der Waals surface area contributed by atoms with E-state index in [1.807, 2.05) is 18.2 Å². The van der Waals surface area contributed by atoms with E-state index in [9.17, 15) is 24.9 Å². The fourth-order valence-corrected chi connectivity index (χ4v) is 3.17. The van der Waals surface area contributed by atoms with Crippen molar-refractivity contribution in [2.75, 3.05) is 0 Å². The molecule has 0 aliphatic heterocycles. The van der Waals surface area contributed by atoms with Gasteiger partial charge < -0.3 is 15.3 Å². The van der Waals surface area contributed by atoms with Crippen LogP contribution in [0.1, 0.15) is 27.9 Å². The average molecular weight is 336 g/mol. The highest BCUT2D eigenvalue weighted by atomic mass is 16.4. The molecule has 0 saturated heterocycles. The minimum absolute atomic E-state index is 0.0567. The van der Waals surface area contributed by atoms with Crippen LogP contribution in [0.15, 0.2) is 66.7 Å². The Bertz CT molecular complexity index is 958. The van der Waals surface area contributed by atoms with Crippen LogP contribution in [0.25, 0.3) is 10.8 Å². The maximum absolute atomic E-state index is 11.6. The molecule has 25 heavy (non-hydrogen) atoms. The molecule has 1 unspecified atom stereocenters. The van der Waals surface area contributed by atoms with Gasteiger partial charge in [0.2, 0.25) is 0 Å². The number of fused-ring (bicyclic) bond motifs is 1. The van der Waals surface area contributed by atoms with E-state index >= 15 is 0 Å². The molecular weight excluding hydrogens is 320 g/mol. The van der Waals surface area contributed by atoms with Crippen molar-refractivity contribution in [2.24, 2.45) is 0 Å². The van der Waals surface area contributed by atoms with Crippen LogP contribution < -0.4 is 0 Å². The zero-order chi connectivity index (χ0) is 18.0. The number of rotatable bonds is 5. The fraction of sp³-hybridized carbons (Fsp3) is 0.100. The van der Waals surface area contributed by atoms with Crippen LogP contribution in [0, 0.1) is 0 Å². The van der Waals surface area contributed by atoms with Gasteiger partial charge >= 0.3 is 11.9 Å². The molecule has 0 aromatic heterocycles. The van der Waals surface area contributed by atoms with Gasteiger partial charge in [0.05, 0.1) is 12.0 Å². The number of carboxylic acid groups (broad SMARTS) is 2. The molecule has 0 heterocycles. The van der Waals surface area contributed by atoms with Crippen molar-refractivity contribution in [3.63, 3.8) is 0 Å². The predicted octanol–water partition coefficient (Wildman–Crippen LogP) is 3.25. The maximum atomic E-state index is 11.6. The Labute approximate surface area is 143 Å². The summed E-state index contributed by atoms with van der Waals surface area (Å²) in [6, 6.07) is 18.4. The monoisotopic (exact) mass is 336 g/mol. The second kappa shape index (κ2) is 6.37. The quantitative estimate of drug-likeness (QED) is 0.665. The molecule has 0 amide bonds. The molecule has 0 radical (unpaired) electrons. The minimum atomic E-state index is -1.97. The predicted molar refractivity (Wildman–Crippen MR) is 92.6 cm³/mol. The van der Waals surface area contributed by atoms with Gasteiger partial charge in [0.15, 0.2) is 0 Å². The molecule has 3 aromatic carbocycles. The van der Waals surface area contributed by atoms with E-state index in [1.165, 1.54) is 18.2 Å². The summed E-state index contributed by atoms with van der Waals surface area (Å²) in [6.45, 7) is 0. The number of carbonyl (C=O) groups is 2. The highest BCUT2D eigenvalue weighted by Crippen LogP contribution is 2.38. The van der Waals surface area contributed by atoms with Crippen molar-refractivity contribution in [2.45, 2.75) is 12.0 Å². The smallest absolute Gasteiger partial charge is 0.336 e. The first-order valence-corrected chi connectivity index (χ1v) is 7.68. The van der Waals surface area contributed by atoms with Gasteiger partial charge in [-0.3, -0.25) is 4.79 Å². The Morgan fingerprint density at radius 2 is 1.40 bits per heavy atom. The summed E-state index contributed by atoms with van der Waals surface area (Å²) in [5.74, 6) is -2.45. The average Bonchev–Trinajstić information content (AvgIpc) is 2.60. The fourth-order valence-electron chi connectivity index (χ4n) is 3.17. The van der Waals surface area contributed by atoms with Crippen molar-refractivity contribution in [1.29, 1.82) is 0 Å². The molecule has 3 N–H and O–H groups in total. The second-order valence-corrected chi connectivity index (χ2v) is 5.81. The minimum Gasteiger partial charge on any atom is -0.481 e. The van der Waals surface area contributed by atoms with Crippen LogP contribution in [-0.2, 0) is 10.4 Å². The van der Waals surface area contributed by atoms with Crippen LogP contribution in [0.4, 0.5) is 0 Å². The topological polar surface area (TPSA) is 94.8 Å². The van der Waals surface area contributed by atoms with E-state index in [1.54, 1.807) is 30.3 Å². The number of hydrogen-bond acceptors (Lipinski definition) is 3. The van der Waals surface area contributed by atoms with E-state index in [4.69, 9.17) is 0 Å². The van der Waals surface area contributed by atoms with E-state index in [0.29, 0.717) is 10.9 Å². The van der Waals surface area contributed by atoms with Gasteiger partial charge in [-0.05, 0) is 22.4 Å². The molecule has 126 valence electrons. The Kier molecular flexibility index (Phi) is 4.25. The lowest BCUT2D eigenvalue weighted by Gasteiger charge is -2.30. The third-order valence-corrected chi connectivity index (χ3v) is 4.25. The van der Waals surface area contributed by atoms with Gasteiger partial charge in [-0.25, -0.2) is 4.79 Å². The van der Waals surface area contributed by atoms with E-state index < -0.39 is 24.0 Å². The van der Waals surface area contributed by atoms with Crippen molar-refractivity contribution < 1.29 is 24.9 Å². The molecule has 1 atom stereocenters. The van der Waals surface area contributed by atoms with E-state index in [2.05, 4.69) is 0 Å².